The maximum Gasteiger partial charge on any atom is 0.222 e. The van der Waals surface area contributed by atoms with E-state index < -0.39 is 0 Å². The Bertz CT molecular complexity index is 236. The summed E-state index contributed by atoms with van der Waals surface area (Å²) in [6.45, 7) is 5.95. The SMILES string of the molecule is O=C1CCCN1CCCCCCN1CCCC1. The van der Waals surface area contributed by atoms with E-state index in [1.807, 2.05) is 4.90 Å². The molecule has 0 N–H and O–H groups in total. The smallest absolute Gasteiger partial charge is 0.222 e. The van der Waals surface area contributed by atoms with Gasteiger partial charge in [0.05, 0.1) is 0 Å². The molecule has 2 heterocycles. The molecule has 2 fully saturated rings. The van der Waals surface area contributed by atoms with Crippen molar-refractivity contribution >= 4 is 5.91 Å². The lowest BCUT2D eigenvalue weighted by molar-refractivity contribution is -0.127. The van der Waals surface area contributed by atoms with Crippen molar-refractivity contribution in [3.8, 4) is 0 Å². The highest BCUT2D eigenvalue weighted by Gasteiger charge is 2.18. The van der Waals surface area contributed by atoms with Crippen LogP contribution < -0.4 is 0 Å². The number of unbranched alkanes of at least 4 members (excludes halogenated alkanes) is 3. The zero-order chi connectivity index (χ0) is 11.9. The van der Waals surface area contributed by atoms with Crippen molar-refractivity contribution in [2.24, 2.45) is 0 Å². The molecule has 2 aliphatic heterocycles. The Balaban J connectivity index is 1.42. The van der Waals surface area contributed by atoms with Gasteiger partial charge in [-0.2, -0.15) is 0 Å². The maximum absolute atomic E-state index is 11.4. The molecule has 98 valence electrons. The summed E-state index contributed by atoms with van der Waals surface area (Å²) in [5.41, 5.74) is 0. The first-order chi connectivity index (χ1) is 8.36. The molecule has 0 aromatic rings. The molecule has 2 rings (SSSR count). The molecule has 2 aliphatic rings. The molecule has 0 bridgehead atoms. The van der Waals surface area contributed by atoms with Crippen LogP contribution in [0.25, 0.3) is 0 Å². The molecule has 3 heteroatoms. The first kappa shape index (κ1) is 12.9. The van der Waals surface area contributed by atoms with Gasteiger partial charge in [0.1, 0.15) is 0 Å². The van der Waals surface area contributed by atoms with E-state index in [1.165, 1.54) is 58.2 Å². The summed E-state index contributed by atoms with van der Waals surface area (Å²) in [5.74, 6) is 0.377. The van der Waals surface area contributed by atoms with Gasteiger partial charge in [0.25, 0.3) is 0 Å². The van der Waals surface area contributed by atoms with Gasteiger partial charge in [-0.05, 0) is 51.7 Å². The fourth-order valence-corrected chi connectivity index (χ4v) is 2.94. The van der Waals surface area contributed by atoms with Gasteiger partial charge in [0.2, 0.25) is 5.91 Å². The molecule has 0 aromatic carbocycles. The fourth-order valence-electron chi connectivity index (χ4n) is 2.94. The fraction of sp³-hybridized carbons (Fsp3) is 0.929. The average Bonchev–Trinajstić information content (AvgIpc) is 2.95. The third kappa shape index (κ3) is 4.30. The molecule has 2 saturated heterocycles. The Morgan fingerprint density at radius 1 is 0.824 bits per heavy atom. The van der Waals surface area contributed by atoms with Crippen molar-refractivity contribution in [3.63, 3.8) is 0 Å². The number of hydrogen-bond acceptors (Lipinski definition) is 2. The Labute approximate surface area is 105 Å². The van der Waals surface area contributed by atoms with Crippen molar-refractivity contribution < 1.29 is 4.79 Å². The van der Waals surface area contributed by atoms with Gasteiger partial charge in [-0.25, -0.2) is 0 Å². The van der Waals surface area contributed by atoms with Crippen molar-refractivity contribution in [2.45, 2.75) is 51.4 Å². The lowest BCUT2D eigenvalue weighted by atomic mass is 10.2. The minimum Gasteiger partial charge on any atom is -0.343 e. The number of amides is 1. The normalized spacial score (nSPS) is 21.6. The molecule has 3 nitrogen and oxygen atoms in total. The van der Waals surface area contributed by atoms with Crippen LogP contribution in [0.3, 0.4) is 0 Å². The summed E-state index contributed by atoms with van der Waals surface area (Å²) < 4.78 is 0. The predicted molar refractivity (Wildman–Crippen MR) is 70.0 cm³/mol. The number of nitrogens with zero attached hydrogens (tertiary/aromatic N) is 2. The highest BCUT2D eigenvalue weighted by atomic mass is 16.2. The number of carbonyl (C=O) groups excluding carboxylic acids is 1. The summed E-state index contributed by atoms with van der Waals surface area (Å²) in [6, 6.07) is 0. The minimum atomic E-state index is 0.377. The Hall–Kier alpha value is -0.570. The van der Waals surface area contributed by atoms with E-state index in [0.717, 1.165) is 25.9 Å². The zero-order valence-corrected chi connectivity index (χ0v) is 11.0. The van der Waals surface area contributed by atoms with Crippen LogP contribution in [-0.2, 0) is 4.79 Å². The second-order valence-corrected chi connectivity index (χ2v) is 5.45. The van der Waals surface area contributed by atoms with E-state index in [9.17, 15) is 4.79 Å². The molecule has 0 aliphatic carbocycles. The topological polar surface area (TPSA) is 23.6 Å². The first-order valence-electron chi connectivity index (χ1n) is 7.36. The van der Waals surface area contributed by atoms with Crippen LogP contribution in [0.4, 0.5) is 0 Å². The van der Waals surface area contributed by atoms with E-state index in [0.29, 0.717) is 5.91 Å². The van der Waals surface area contributed by atoms with Crippen LogP contribution in [0.5, 0.6) is 0 Å². The second-order valence-electron chi connectivity index (χ2n) is 5.45. The van der Waals surface area contributed by atoms with Gasteiger partial charge in [-0.15, -0.1) is 0 Å². The van der Waals surface area contributed by atoms with Gasteiger partial charge < -0.3 is 9.80 Å². The van der Waals surface area contributed by atoms with Crippen LogP contribution in [0.2, 0.25) is 0 Å². The van der Waals surface area contributed by atoms with Gasteiger partial charge in [0, 0.05) is 19.5 Å². The number of likely N-dealkylation sites (tertiary alicyclic amines) is 2. The van der Waals surface area contributed by atoms with Gasteiger partial charge in [0.15, 0.2) is 0 Å². The van der Waals surface area contributed by atoms with Crippen molar-refractivity contribution in [1.82, 2.24) is 9.80 Å². The highest BCUT2D eigenvalue weighted by Crippen LogP contribution is 2.12. The van der Waals surface area contributed by atoms with Crippen LogP contribution in [0.1, 0.15) is 51.4 Å². The van der Waals surface area contributed by atoms with Crippen molar-refractivity contribution in [1.29, 1.82) is 0 Å². The second kappa shape index (κ2) is 7.00. The molecular formula is C14H26N2O. The van der Waals surface area contributed by atoms with Crippen LogP contribution in [-0.4, -0.2) is 48.4 Å². The third-order valence-electron chi connectivity index (χ3n) is 4.02. The van der Waals surface area contributed by atoms with E-state index >= 15 is 0 Å². The van der Waals surface area contributed by atoms with Crippen LogP contribution in [0.15, 0.2) is 0 Å². The highest BCUT2D eigenvalue weighted by molar-refractivity contribution is 5.77. The minimum absolute atomic E-state index is 0.377. The quantitative estimate of drug-likeness (QED) is 0.635. The molecule has 0 saturated carbocycles. The van der Waals surface area contributed by atoms with E-state index in [-0.39, 0.29) is 0 Å². The number of hydrogen-bond donors (Lipinski definition) is 0. The molecular weight excluding hydrogens is 212 g/mol. The van der Waals surface area contributed by atoms with E-state index in [4.69, 9.17) is 0 Å². The van der Waals surface area contributed by atoms with Crippen LogP contribution >= 0.6 is 0 Å². The van der Waals surface area contributed by atoms with Gasteiger partial charge in [-0.1, -0.05) is 12.8 Å². The lowest BCUT2D eigenvalue weighted by Gasteiger charge is -2.16. The van der Waals surface area contributed by atoms with Gasteiger partial charge in [-0.3, -0.25) is 4.79 Å². The Morgan fingerprint density at radius 3 is 2.18 bits per heavy atom. The average molecular weight is 238 g/mol. The van der Waals surface area contributed by atoms with Crippen molar-refractivity contribution in [2.75, 3.05) is 32.7 Å². The molecule has 0 spiro atoms. The summed E-state index contributed by atoms with van der Waals surface area (Å²) in [4.78, 5) is 16.0. The summed E-state index contributed by atoms with van der Waals surface area (Å²) in [6.07, 6.45) is 9.83. The first-order valence-corrected chi connectivity index (χ1v) is 7.36. The van der Waals surface area contributed by atoms with Crippen molar-refractivity contribution in [3.05, 3.63) is 0 Å². The molecule has 17 heavy (non-hydrogen) atoms. The maximum atomic E-state index is 11.4. The molecule has 0 unspecified atom stereocenters. The molecule has 0 radical (unpaired) electrons. The predicted octanol–water partition coefficient (Wildman–Crippen LogP) is 2.27. The van der Waals surface area contributed by atoms with E-state index in [2.05, 4.69) is 4.90 Å². The molecule has 0 atom stereocenters. The summed E-state index contributed by atoms with van der Waals surface area (Å²) >= 11 is 0. The molecule has 1 amide bonds. The Morgan fingerprint density at radius 2 is 1.53 bits per heavy atom. The third-order valence-corrected chi connectivity index (χ3v) is 4.02. The van der Waals surface area contributed by atoms with Crippen LogP contribution in [0, 0.1) is 0 Å². The van der Waals surface area contributed by atoms with E-state index in [1.54, 1.807) is 0 Å². The summed E-state index contributed by atoms with van der Waals surface area (Å²) in [7, 11) is 0. The zero-order valence-electron chi connectivity index (χ0n) is 11.0. The largest absolute Gasteiger partial charge is 0.343 e. The number of rotatable bonds is 7. The standard InChI is InChI=1S/C14H26N2O/c17-14-8-7-13-16(14)12-4-2-1-3-9-15-10-5-6-11-15/h1-13H2. The lowest BCUT2D eigenvalue weighted by Crippen LogP contribution is -2.25. The Kier molecular flexibility index (Phi) is 5.30. The van der Waals surface area contributed by atoms with Gasteiger partial charge >= 0.3 is 0 Å². The summed E-state index contributed by atoms with van der Waals surface area (Å²) in [5, 5.41) is 0. The monoisotopic (exact) mass is 238 g/mol. The number of carbonyl (C=O) groups is 1. The molecule has 0 aromatic heterocycles.